The van der Waals surface area contributed by atoms with Crippen molar-refractivity contribution in [1.29, 1.82) is 0 Å². The Morgan fingerprint density at radius 3 is 2.79 bits per heavy atom. The van der Waals surface area contributed by atoms with Crippen LogP contribution in [0.4, 0.5) is 0 Å². The highest BCUT2D eigenvalue weighted by Crippen LogP contribution is 2.24. The summed E-state index contributed by atoms with van der Waals surface area (Å²) in [6, 6.07) is 5.11. The zero-order chi connectivity index (χ0) is 13.4. The van der Waals surface area contributed by atoms with E-state index in [0.717, 1.165) is 22.9 Å². The van der Waals surface area contributed by atoms with Crippen LogP contribution < -0.4 is 0 Å². The fourth-order valence-corrected chi connectivity index (χ4v) is 3.21. The number of fused-ring (bicyclic) bond motifs is 1. The Bertz CT molecular complexity index is 568. The van der Waals surface area contributed by atoms with E-state index in [1.807, 2.05) is 22.7 Å². The minimum absolute atomic E-state index is 0.650. The van der Waals surface area contributed by atoms with E-state index in [2.05, 4.69) is 29.9 Å². The molecule has 0 saturated carbocycles. The standard InChI is InChI=1S/C15H20ClN3/c1-11-4-3-5-12(2)19(11)10-14-9-18-7-6-13(16)8-15(18)17-14/h6-9,11-12H,3-5,10H2,1-2H3/t11-,12+. The molecule has 2 aromatic heterocycles. The molecule has 1 fully saturated rings. The molecular formula is C15H20ClN3. The zero-order valence-corrected chi connectivity index (χ0v) is 12.3. The number of halogens is 1. The molecule has 3 nitrogen and oxygen atoms in total. The summed E-state index contributed by atoms with van der Waals surface area (Å²) in [6.45, 7) is 5.58. The Hall–Kier alpha value is -1.06. The second kappa shape index (κ2) is 5.14. The fourth-order valence-electron chi connectivity index (χ4n) is 3.06. The highest BCUT2D eigenvalue weighted by Gasteiger charge is 2.25. The molecule has 0 radical (unpaired) electrons. The Kier molecular flexibility index (Phi) is 3.50. The minimum atomic E-state index is 0.650. The number of hydrogen-bond donors (Lipinski definition) is 0. The summed E-state index contributed by atoms with van der Waals surface area (Å²) in [5, 5.41) is 0.740. The summed E-state index contributed by atoms with van der Waals surface area (Å²) in [4.78, 5) is 7.24. The van der Waals surface area contributed by atoms with Gasteiger partial charge >= 0.3 is 0 Å². The molecule has 0 amide bonds. The van der Waals surface area contributed by atoms with Gasteiger partial charge in [-0.15, -0.1) is 0 Å². The monoisotopic (exact) mass is 277 g/mol. The lowest BCUT2D eigenvalue weighted by atomic mass is 9.97. The van der Waals surface area contributed by atoms with Crippen LogP contribution in [0.1, 0.15) is 38.8 Å². The summed E-state index contributed by atoms with van der Waals surface area (Å²) in [7, 11) is 0. The molecule has 2 atom stereocenters. The average Bonchev–Trinajstić information content (AvgIpc) is 2.75. The highest BCUT2D eigenvalue weighted by atomic mass is 35.5. The highest BCUT2D eigenvalue weighted by molar-refractivity contribution is 6.30. The summed E-state index contributed by atoms with van der Waals surface area (Å²) in [5.41, 5.74) is 2.06. The van der Waals surface area contributed by atoms with Crippen LogP contribution in [0.5, 0.6) is 0 Å². The first-order chi connectivity index (χ1) is 9.13. The zero-order valence-electron chi connectivity index (χ0n) is 11.5. The number of pyridine rings is 1. The molecule has 4 heteroatoms. The molecule has 0 bridgehead atoms. The molecule has 1 aliphatic heterocycles. The van der Waals surface area contributed by atoms with E-state index in [0.29, 0.717) is 12.1 Å². The lowest BCUT2D eigenvalue weighted by Crippen LogP contribution is -2.43. The van der Waals surface area contributed by atoms with Crippen molar-refractivity contribution in [2.24, 2.45) is 0 Å². The second-order valence-corrected chi connectivity index (χ2v) is 6.08. The third-order valence-electron chi connectivity index (χ3n) is 4.19. The van der Waals surface area contributed by atoms with Crippen LogP contribution >= 0.6 is 11.6 Å². The second-order valence-electron chi connectivity index (χ2n) is 5.64. The number of likely N-dealkylation sites (tertiary alicyclic amines) is 1. The Morgan fingerprint density at radius 2 is 2.05 bits per heavy atom. The quantitative estimate of drug-likeness (QED) is 0.833. The molecule has 1 aliphatic rings. The number of nitrogens with zero attached hydrogens (tertiary/aromatic N) is 3. The number of imidazole rings is 1. The lowest BCUT2D eigenvalue weighted by molar-refractivity contribution is 0.0940. The van der Waals surface area contributed by atoms with Crippen molar-refractivity contribution in [3.63, 3.8) is 0 Å². The lowest BCUT2D eigenvalue weighted by Gasteiger charge is -2.38. The van der Waals surface area contributed by atoms with Crippen molar-refractivity contribution >= 4 is 17.2 Å². The van der Waals surface area contributed by atoms with Crippen LogP contribution in [0.2, 0.25) is 5.02 Å². The topological polar surface area (TPSA) is 20.5 Å². The van der Waals surface area contributed by atoms with Crippen molar-refractivity contribution < 1.29 is 0 Å². The molecule has 2 aromatic rings. The van der Waals surface area contributed by atoms with Gasteiger partial charge in [0.05, 0.1) is 5.69 Å². The van der Waals surface area contributed by atoms with Crippen molar-refractivity contribution in [3.05, 3.63) is 35.2 Å². The van der Waals surface area contributed by atoms with Gasteiger partial charge in [0, 0.05) is 36.0 Å². The first-order valence-corrected chi connectivity index (χ1v) is 7.40. The molecule has 3 rings (SSSR count). The van der Waals surface area contributed by atoms with E-state index in [-0.39, 0.29) is 0 Å². The van der Waals surface area contributed by atoms with Gasteiger partial charge < -0.3 is 4.40 Å². The molecule has 1 saturated heterocycles. The van der Waals surface area contributed by atoms with Crippen LogP contribution in [0.15, 0.2) is 24.5 Å². The SMILES string of the molecule is C[C@@H]1CCC[C@H](C)N1Cc1cn2ccc(Cl)cc2n1. The van der Waals surface area contributed by atoms with E-state index < -0.39 is 0 Å². The van der Waals surface area contributed by atoms with E-state index in [4.69, 9.17) is 11.6 Å². The van der Waals surface area contributed by atoms with Crippen LogP contribution in [0, 0.1) is 0 Å². The maximum Gasteiger partial charge on any atom is 0.138 e. The van der Waals surface area contributed by atoms with Gasteiger partial charge in [0.25, 0.3) is 0 Å². The Labute approximate surface area is 119 Å². The molecule has 102 valence electrons. The van der Waals surface area contributed by atoms with E-state index in [1.54, 1.807) is 0 Å². The minimum Gasteiger partial charge on any atom is -0.307 e. The van der Waals surface area contributed by atoms with Crippen molar-refractivity contribution in [2.45, 2.75) is 51.7 Å². The summed E-state index contributed by atoms with van der Waals surface area (Å²) in [5.74, 6) is 0. The molecule has 0 aromatic carbocycles. The first kappa shape index (κ1) is 12.9. The van der Waals surface area contributed by atoms with Gasteiger partial charge in [0.15, 0.2) is 0 Å². The van der Waals surface area contributed by atoms with Crippen LogP contribution in [0.3, 0.4) is 0 Å². The van der Waals surface area contributed by atoms with E-state index in [1.165, 1.54) is 19.3 Å². The Balaban J connectivity index is 1.84. The van der Waals surface area contributed by atoms with Crippen molar-refractivity contribution in [2.75, 3.05) is 0 Å². The molecular weight excluding hydrogens is 258 g/mol. The predicted molar refractivity (Wildman–Crippen MR) is 78.5 cm³/mol. The normalized spacial score (nSPS) is 25.0. The van der Waals surface area contributed by atoms with E-state index in [9.17, 15) is 0 Å². The predicted octanol–water partition coefficient (Wildman–Crippen LogP) is 3.75. The van der Waals surface area contributed by atoms with Crippen molar-refractivity contribution in [1.82, 2.24) is 14.3 Å². The first-order valence-electron chi connectivity index (χ1n) is 7.02. The average molecular weight is 278 g/mol. The van der Waals surface area contributed by atoms with Crippen LogP contribution in [0.25, 0.3) is 5.65 Å². The number of aromatic nitrogens is 2. The van der Waals surface area contributed by atoms with Gasteiger partial charge in [-0.3, -0.25) is 4.90 Å². The van der Waals surface area contributed by atoms with E-state index >= 15 is 0 Å². The van der Waals surface area contributed by atoms with Gasteiger partial charge in [-0.1, -0.05) is 18.0 Å². The number of rotatable bonds is 2. The third-order valence-corrected chi connectivity index (χ3v) is 4.43. The van der Waals surface area contributed by atoms with Gasteiger partial charge in [-0.05, 0) is 38.8 Å². The summed E-state index contributed by atoms with van der Waals surface area (Å²) >= 11 is 6.00. The van der Waals surface area contributed by atoms with Gasteiger partial charge in [-0.25, -0.2) is 4.98 Å². The van der Waals surface area contributed by atoms with Crippen LogP contribution in [-0.4, -0.2) is 26.4 Å². The number of hydrogen-bond acceptors (Lipinski definition) is 2. The third kappa shape index (κ3) is 2.63. The van der Waals surface area contributed by atoms with Crippen molar-refractivity contribution in [3.8, 4) is 0 Å². The summed E-state index contributed by atoms with van der Waals surface area (Å²) in [6.07, 6.45) is 8.02. The smallest absolute Gasteiger partial charge is 0.138 e. The molecule has 0 aliphatic carbocycles. The fraction of sp³-hybridized carbons (Fsp3) is 0.533. The van der Waals surface area contributed by atoms with Gasteiger partial charge in [0.1, 0.15) is 5.65 Å². The molecule has 3 heterocycles. The molecule has 0 unspecified atom stereocenters. The van der Waals surface area contributed by atoms with Gasteiger partial charge in [-0.2, -0.15) is 0 Å². The molecule has 0 spiro atoms. The Morgan fingerprint density at radius 1 is 1.32 bits per heavy atom. The largest absolute Gasteiger partial charge is 0.307 e. The maximum atomic E-state index is 6.00. The van der Waals surface area contributed by atoms with Crippen LogP contribution in [-0.2, 0) is 6.54 Å². The maximum absolute atomic E-state index is 6.00. The summed E-state index contributed by atoms with van der Waals surface area (Å²) < 4.78 is 2.04. The van der Waals surface area contributed by atoms with Gasteiger partial charge in [0.2, 0.25) is 0 Å². The number of piperidine rings is 1. The molecule has 0 N–H and O–H groups in total. The molecule has 19 heavy (non-hydrogen) atoms.